The molecule has 0 fully saturated rings. The van der Waals surface area contributed by atoms with E-state index in [0.717, 1.165) is 17.8 Å². The summed E-state index contributed by atoms with van der Waals surface area (Å²) in [5.41, 5.74) is 0.818. The summed E-state index contributed by atoms with van der Waals surface area (Å²) in [7, 11) is 0. The standard InChI is InChI=1S/C21H23N3O5S/c1-3-9-28-10-11-29-16(25)12-24-13-22-20-17(21(24)27)14(2)18(30-20)19(26)23-15-7-5-4-6-8-15/h4-8,13H,3,9-12H2,1-2H3,(H,23,26). The second-order valence-electron chi connectivity index (χ2n) is 6.57. The number of hydrogen-bond donors (Lipinski definition) is 1. The van der Waals surface area contributed by atoms with Crippen LogP contribution in [0, 0.1) is 6.92 Å². The fraction of sp³-hybridized carbons (Fsp3) is 0.333. The minimum atomic E-state index is -0.548. The maximum Gasteiger partial charge on any atom is 0.326 e. The van der Waals surface area contributed by atoms with Gasteiger partial charge in [0, 0.05) is 12.3 Å². The molecule has 9 heteroatoms. The van der Waals surface area contributed by atoms with Crippen LogP contribution in [-0.4, -0.2) is 41.2 Å². The summed E-state index contributed by atoms with van der Waals surface area (Å²) in [5.74, 6) is -0.854. The van der Waals surface area contributed by atoms with Crippen molar-refractivity contribution in [3.8, 4) is 0 Å². The van der Waals surface area contributed by atoms with Gasteiger partial charge in [-0.3, -0.25) is 19.0 Å². The molecule has 0 aliphatic rings. The van der Waals surface area contributed by atoms with Gasteiger partial charge >= 0.3 is 5.97 Å². The summed E-state index contributed by atoms with van der Waals surface area (Å²) >= 11 is 1.15. The van der Waals surface area contributed by atoms with Crippen molar-refractivity contribution in [2.75, 3.05) is 25.1 Å². The molecule has 0 aliphatic carbocycles. The third-order valence-electron chi connectivity index (χ3n) is 4.29. The van der Waals surface area contributed by atoms with Gasteiger partial charge in [0.15, 0.2) is 0 Å². The van der Waals surface area contributed by atoms with Crippen LogP contribution < -0.4 is 10.9 Å². The van der Waals surface area contributed by atoms with E-state index in [9.17, 15) is 14.4 Å². The van der Waals surface area contributed by atoms with Crippen LogP contribution in [0.4, 0.5) is 5.69 Å². The SMILES string of the molecule is CCCOCCOC(=O)Cn1cnc2sc(C(=O)Nc3ccccc3)c(C)c2c1=O. The maximum absolute atomic E-state index is 12.9. The first-order valence-electron chi connectivity index (χ1n) is 9.59. The third-order valence-corrected chi connectivity index (χ3v) is 5.49. The van der Waals surface area contributed by atoms with Crippen molar-refractivity contribution in [1.29, 1.82) is 0 Å². The highest BCUT2D eigenvalue weighted by Gasteiger charge is 2.20. The van der Waals surface area contributed by atoms with Crippen molar-refractivity contribution in [3.63, 3.8) is 0 Å². The van der Waals surface area contributed by atoms with E-state index in [0.29, 0.717) is 39.6 Å². The molecule has 0 spiro atoms. The molecule has 0 radical (unpaired) electrons. The van der Waals surface area contributed by atoms with Gasteiger partial charge in [-0.15, -0.1) is 11.3 Å². The van der Waals surface area contributed by atoms with Crippen molar-refractivity contribution >= 4 is 39.1 Å². The summed E-state index contributed by atoms with van der Waals surface area (Å²) in [5, 5.41) is 3.15. The van der Waals surface area contributed by atoms with Crippen molar-refractivity contribution in [1.82, 2.24) is 9.55 Å². The van der Waals surface area contributed by atoms with Crippen LogP contribution in [0.15, 0.2) is 41.5 Å². The van der Waals surface area contributed by atoms with Crippen LogP contribution in [-0.2, 0) is 20.8 Å². The number of hydrogen-bond acceptors (Lipinski definition) is 7. The Balaban J connectivity index is 1.74. The predicted molar refractivity (Wildman–Crippen MR) is 115 cm³/mol. The molecule has 3 aromatic rings. The van der Waals surface area contributed by atoms with Gasteiger partial charge in [0.1, 0.15) is 18.0 Å². The summed E-state index contributed by atoms with van der Waals surface area (Å²) in [4.78, 5) is 42.6. The minimum absolute atomic E-state index is 0.130. The molecule has 1 N–H and O–H groups in total. The Bertz CT molecular complexity index is 1090. The Labute approximate surface area is 177 Å². The number of aryl methyl sites for hydroxylation is 1. The molecule has 0 aliphatic heterocycles. The van der Waals surface area contributed by atoms with E-state index < -0.39 is 5.97 Å². The highest BCUT2D eigenvalue weighted by Crippen LogP contribution is 2.27. The first-order chi connectivity index (χ1) is 14.5. The molecule has 8 nitrogen and oxygen atoms in total. The number of carbonyl (C=O) groups is 2. The summed E-state index contributed by atoms with van der Waals surface area (Å²) < 4.78 is 11.5. The van der Waals surface area contributed by atoms with Crippen molar-refractivity contribution in [2.24, 2.45) is 0 Å². The number of anilines is 1. The molecule has 1 amide bonds. The molecule has 1 aromatic carbocycles. The number of nitrogens with zero attached hydrogens (tertiary/aromatic N) is 2. The fourth-order valence-corrected chi connectivity index (χ4v) is 3.88. The fourth-order valence-electron chi connectivity index (χ4n) is 2.84. The first-order valence-corrected chi connectivity index (χ1v) is 10.4. The van der Waals surface area contributed by atoms with Crippen molar-refractivity contribution < 1.29 is 19.1 Å². The number of aromatic nitrogens is 2. The van der Waals surface area contributed by atoms with Gasteiger partial charge in [-0.1, -0.05) is 25.1 Å². The Kier molecular flexibility index (Phi) is 7.31. The number of amides is 1. The number of fused-ring (bicyclic) bond motifs is 1. The molecule has 2 heterocycles. The number of benzene rings is 1. The van der Waals surface area contributed by atoms with Crippen molar-refractivity contribution in [2.45, 2.75) is 26.8 Å². The quantitative estimate of drug-likeness (QED) is 0.415. The maximum atomic E-state index is 12.9. The summed E-state index contributed by atoms with van der Waals surface area (Å²) in [6, 6.07) is 9.07. The van der Waals surface area contributed by atoms with Gasteiger partial charge in [0.05, 0.1) is 23.2 Å². The van der Waals surface area contributed by atoms with Crippen LogP contribution in [0.3, 0.4) is 0 Å². The number of para-hydroxylation sites is 1. The molecular formula is C21H23N3O5S. The van der Waals surface area contributed by atoms with Gasteiger partial charge < -0.3 is 14.8 Å². The second-order valence-corrected chi connectivity index (χ2v) is 7.57. The molecule has 3 rings (SSSR count). The summed E-state index contributed by atoms with van der Waals surface area (Å²) in [6.45, 7) is 4.49. The van der Waals surface area contributed by atoms with Crippen LogP contribution in [0.2, 0.25) is 0 Å². The monoisotopic (exact) mass is 429 g/mol. The van der Waals surface area contributed by atoms with Crippen LogP contribution >= 0.6 is 11.3 Å². The largest absolute Gasteiger partial charge is 0.462 e. The lowest BCUT2D eigenvalue weighted by molar-refractivity contribution is -0.146. The van der Waals surface area contributed by atoms with Crippen LogP contribution in [0.1, 0.15) is 28.6 Å². The molecule has 0 saturated heterocycles. The van der Waals surface area contributed by atoms with E-state index in [4.69, 9.17) is 9.47 Å². The molecule has 158 valence electrons. The zero-order chi connectivity index (χ0) is 21.5. The number of carbonyl (C=O) groups excluding carboxylic acids is 2. The highest BCUT2D eigenvalue weighted by molar-refractivity contribution is 7.20. The zero-order valence-electron chi connectivity index (χ0n) is 16.8. The minimum Gasteiger partial charge on any atom is -0.462 e. The van der Waals surface area contributed by atoms with Gasteiger partial charge in [-0.05, 0) is 31.0 Å². The number of rotatable bonds is 9. The summed E-state index contributed by atoms with van der Waals surface area (Å²) in [6.07, 6.45) is 2.19. The number of esters is 1. The molecule has 0 bridgehead atoms. The van der Waals surface area contributed by atoms with Gasteiger partial charge in [-0.25, -0.2) is 4.98 Å². The Morgan fingerprint density at radius 1 is 1.17 bits per heavy atom. The molecule has 30 heavy (non-hydrogen) atoms. The van der Waals surface area contributed by atoms with E-state index >= 15 is 0 Å². The average Bonchev–Trinajstić information content (AvgIpc) is 3.08. The number of ether oxygens (including phenoxy) is 2. The molecule has 0 unspecified atom stereocenters. The van der Waals surface area contributed by atoms with E-state index in [1.165, 1.54) is 10.9 Å². The van der Waals surface area contributed by atoms with Crippen molar-refractivity contribution in [3.05, 3.63) is 57.5 Å². The van der Waals surface area contributed by atoms with E-state index in [2.05, 4.69) is 10.3 Å². The predicted octanol–water partition coefficient (Wildman–Crippen LogP) is 2.99. The molecule has 0 atom stereocenters. The normalized spacial score (nSPS) is 10.9. The zero-order valence-corrected chi connectivity index (χ0v) is 17.7. The highest BCUT2D eigenvalue weighted by atomic mass is 32.1. The average molecular weight is 429 g/mol. The topological polar surface area (TPSA) is 99.5 Å². The first kappa shape index (κ1) is 21.7. The Hall–Kier alpha value is -3.04. The van der Waals surface area contributed by atoms with E-state index in [1.807, 2.05) is 25.1 Å². The second kappa shape index (κ2) is 10.1. The van der Waals surface area contributed by atoms with E-state index in [1.54, 1.807) is 19.1 Å². The molecule has 2 aromatic heterocycles. The van der Waals surface area contributed by atoms with Gasteiger partial charge in [-0.2, -0.15) is 0 Å². The number of thiophene rings is 1. The Morgan fingerprint density at radius 3 is 2.67 bits per heavy atom. The van der Waals surface area contributed by atoms with E-state index in [-0.39, 0.29) is 24.6 Å². The lowest BCUT2D eigenvalue weighted by Crippen LogP contribution is -2.26. The lowest BCUT2D eigenvalue weighted by atomic mass is 10.2. The number of nitrogens with one attached hydrogen (secondary N) is 1. The molecule has 0 saturated carbocycles. The Morgan fingerprint density at radius 2 is 1.93 bits per heavy atom. The molecular weight excluding hydrogens is 406 g/mol. The third kappa shape index (κ3) is 5.11. The lowest BCUT2D eigenvalue weighted by Gasteiger charge is -2.07. The van der Waals surface area contributed by atoms with Gasteiger partial charge in [0.25, 0.3) is 11.5 Å². The van der Waals surface area contributed by atoms with Crippen LogP contribution in [0.25, 0.3) is 10.2 Å². The smallest absolute Gasteiger partial charge is 0.326 e. The van der Waals surface area contributed by atoms with Gasteiger partial charge in [0.2, 0.25) is 0 Å². The van der Waals surface area contributed by atoms with Crippen LogP contribution in [0.5, 0.6) is 0 Å².